The van der Waals surface area contributed by atoms with E-state index in [4.69, 9.17) is 11.6 Å². The van der Waals surface area contributed by atoms with E-state index in [1.807, 2.05) is 0 Å². The van der Waals surface area contributed by atoms with Crippen molar-refractivity contribution in [3.05, 3.63) is 61.8 Å². The zero-order chi connectivity index (χ0) is 20.9. The number of fused-ring (bicyclic) bond motifs is 1. The lowest BCUT2D eigenvalue weighted by molar-refractivity contribution is -0.133. The minimum Gasteiger partial charge on any atom is -0.334 e. The number of aryl methyl sites for hydroxylation is 1. The van der Waals surface area contributed by atoms with E-state index in [0.29, 0.717) is 5.56 Å². The van der Waals surface area contributed by atoms with E-state index < -0.39 is 11.2 Å². The van der Waals surface area contributed by atoms with Crippen LogP contribution in [0.15, 0.2) is 33.9 Å². The van der Waals surface area contributed by atoms with Crippen molar-refractivity contribution in [3.63, 3.8) is 0 Å². The molecule has 0 bridgehead atoms. The summed E-state index contributed by atoms with van der Waals surface area (Å²) in [5, 5.41) is -0.0618. The molecule has 1 saturated carbocycles. The molecular weight excluding hydrogens is 401 g/mol. The molecule has 1 amide bonds. The van der Waals surface area contributed by atoms with Crippen LogP contribution in [0.25, 0.3) is 11.2 Å². The predicted molar refractivity (Wildman–Crippen MR) is 105 cm³/mol. The molecule has 0 N–H and O–H groups in total. The van der Waals surface area contributed by atoms with Gasteiger partial charge in [-0.25, -0.2) is 9.18 Å². The quantitative estimate of drug-likeness (QED) is 0.586. The highest BCUT2D eigenvalue weighted by Gasteiger charge is 2.33. The van der Waals surface area contributed by atoms with Gasteiger partial charge in [-0.15, -0.1) is 0 Å². The molecule has 1 aliphatic rings. The third kappa shape index (κ3) is 3.35. The molecule has 4 rings (SSSR count). The van der Waals surface area contributed by atoms with Gasteiger partial charge in [-0.1, -0.05) is 18.2 Å². The Hall–Kier alpha value is -2.94. The highest BCUT2D eigenvalue weighted by atomic mass is 35.5. The third-order valence-electron chi connectivity index (χ3n) is 5.20. The van der Waals surface area contributed by atoms with E-state index in [0.717, 1.165) is 17.4 Å². The van der Waals surface area contributed by atoms with Gasteiger partial charge in [0.05, 0.1) is 0 Å². The van der Waals surface area contributed by atoms with E-state index >= 15 is 0 Å². The standard InChI is InChI=1S/C19H19ClFN5O3/c1-23-16-15(17(28)24(2)19(23)29)26(18(20)22-16)10-14(27)25(12-7-8-12)9-11-5-3-4-6-13(11)21/h3-6,12H,7-10H2,1-2H3. The number of nitrogens with zero attached hydrogens (tertiary/aromatic N) is 5. The fourth-order valence-corrected chi connectivity index (χ4v) is 3.63. The van der Waals surface area contributed by atoms with Crippen LogP contribution in [0.5, 0.6) is 0 Å². The number of carbonyl (C=O) groups is 1. The molecule has 2 heterocycles. The SMILES string of the molecule is Cn1c(=O)c2c(nc(Cl)n2CC(=O)N(Cc2ccccc2F)C2CC2)n(C)c1=O. The first-order valence-electron chi connectivity index (χ1n) is 9.14. The van der Waals surface area contributed by atoms with Crippen molar-refractivity contribution < 1.29 is 9.18 Å². The second kappa shape index (κ2) is 7.14. The van der Waals surface area contributed by atoms with E-state index in [-0.39, 0.29) is 47.3 Å². The zero-order valence-corrected chi connectivity index (χ0v) is 16.7. The molecule has 1 aromatic carbocycles. The van der Waals surface area contributed by atoms with Gasteiger partial charge in [0.25, 0.3) is 5.56 Å². The minimum atomic E-state index is -0.581. The van der Waals surface area contributed by atoms with Gasteiger partial charge in [-0.05, 0) is 30.5 Å². The van der Waals surface area contributed by atoms with Crippen LogP contribution in [-0.2, 0) is 32.0 Å². The normalized spacial score (nSPS) is 13.8. The lowest BCUT2D eigenvalue weighted by Gasteiger charge is -2.23. The highest BCUT2D eigenvalue weighted by molar-refractivity contribution is 6.29. The summed E-state index contributed by atoms with van der Waals surface area (Å²) >= 11 is 6.20. The Kier molecular flexibility index (Phi) is 4.77. The molecule has 0 unspecified atom stereocenters. The fourth-order valence-electron chi connectivity index (χ4n) is 3.41. The van der Waals surface area contributed by atoms with Crippen molar-refractivity contribution in [1.29, 1.82) is 0 Å². The lowest BCUT2D eigenvalue weighted by atomic mass is 10.2. The number of rotatable bonds is 5. The van der Waals surface area contributed by atoms with Crippen molar-refractivity contribution in [2.24, 2.45) is 14.1 Å². The van der Waals surface area contributed by atoms with Crippen molar-refractivity contribution in [2.45, 2.75) is 32.0 Å². The smallest absolute Gasteiger partial charge is 0.332 e. The summed E-state index contributed by atoms with van der Waals surface area (Å²) in [4.78, 5) is 43.5. The summed E-state index contributed by atoms with van der Waals surface area (Å²) < 4.78 is 17.5. The number of amides is 1. The molecule has 0 spiro atoms. The van der Waals surface area contributed by atoms with Crippen molar-refractivity contribution >= 4 is 28.7 Å². The Balaban J connectivity index is 1.71. The number of hydrogen-bond acceptors (Lipinski definition) is 4. The van der Waals surface area contributed by atoms with Crippen molar-refractivity contribution in [2.75, 3.05) is 0 Å². The van der Waals surface area contributed by atoms with E-state index in [1.54, 1.807) is 23.1 Å². The zero-order valence-electron chi connectivity index (χ0n) is 15.9. The van der Waals surface area contributed by atoms with Gasteiger partial charge in [0.15, 0.2) is 11.2 Å². The van der Waals surface area contributed by atoms with Crippen molar-refractivity contribution in [1.82, 2.24) is 23.6 Å². The second-order valence-corrected chi connectivity index (χ2v) is 7.53. The van der Waals surface area contributed by atoms with Crippen LogP contribution < -0.4 is 11.2 Å². The predicted octanol–water partition coefficient (Wildman–Crippen LogP) is 1.42. The van der Waals surface area contributed by atoms with Gasteiger partial charge in [-0.2, -0.15) is 4.98 Å². The number of imidazole rings is 1. The summed E-state index contributed by atoms with van der Waals surface area (Å²) in [6.07, 6.45) is 1.68. The summed E-state index contributed by atoms with van der Waals surface area (Å²) in [6.45, 7) is -0.0926. The molecule has 1 fully saturated rings. The minimum absolute atomic E-state index is 0.0304. The van der Waals surface area contributed by atoms with Crippen LogP contribution in [-0.4, -0.2) is 35.5 Å². The number of aromatic nitrogens is 4. The second-order valence-electron chi connectivity index (χ2n) is 7.19. The fraction of sp³-hybridized carbons (Fsp3) is 0.368. The molecule has 0 aliphatic heterocycles. The third-order valence-corrected chi connectivity index (χ3v) is 5.49. The first kappa shape index (κ1) is 19.4. The maximum Gasteiger partial charge on any atom is 0.332 e. The molecule has 1 aliphatic carbocycles. The van der Waals surface area contributed by atoms with E-state index in [1.165, 1.54) is 29.3 Å². The average Bonchev–Trinajstić information content (AvgIpc) is 3.48. The van der Waals surface area contributed by atoms with Crippen LogP contribution in [0.4, 0.5) is 4.39 Å². The molecule has 29 heavy (non-hydrogen) atoms. The lowest BCUT2D eigenvalue weighted by Crippen LogP contribution is -2.39. The average molecular weight is 420 g/mol. The van der Waals surface area contributed by atoms with Gasteiger partial charge in [0, 0.05) is 32.2 Å². The van der Waals surface area contributed by atoms with Crippen LogP contribution in [0, 0.1) is 5.82 Å². The van der Waals surface area contributed by atoms with Gasteiger partial charge < -0.3 is 4.90 Å². The topological polar surface area (TPSA) is 82.1 Å². The van der Waals surface area contributed by atoms with Gasteiger partial charge >= 0.3 is 5.69 Å². The van der Waals surface area contributed by atoms with Gasteiger partial charge in [-0.3, -0.25) is 23.3 Å². The molecule has 10 heteroatoms. The number of halogens is 2. The van der Waals surface area contributed by atoms with Crippen LogP contribution in [0.1, 0.15) is 18.4 Å². The van der Waals surface area contributed by atoms with Crippen LogP contribution in [0.2, 0.25) is 5.28 Å². The summed E-state index contributed by atoms with van der Waals surface area (Å²) in [5.41, 5.74) is -0.498. The number of benzene rings is 1. The molecular formula is C19H19ClFN5O3. The molecule has 2 aromatic heterocycles. The highest BCUT2D eigenvalue weighted by Crippen LogP contribution is 2.29. The molecule has 8 nitrogen and oxygen atoms in total. The largest absolute Gasteiger partial charge is 0.334 e. The van der Waals surface area contributed by atoms with Crippen LogP contribution >= 0.6 is 11.6 Å². The monoisotopic (exact) mass is 419 g/mol. The Bertz CT molecular complexity index is 1240. The van der Waals surface area contributed by atoms with Crippen LogP contribution in [0.3, 0.4) is 0 Å². The van der Waals surface area contributed by atoms with Gasteiger partial charge in [0.1, 0.15) is 12.4 Å². The number of hydrogen-bond donors (Lipinski definition) is 0. The Labute approximate surface area is 169 Å². The van der Waals surface area contributed by atoms with Gasteiger partial charge in [0.2, 0.25) is 11.2 Å². The maximum atomic E-state index is 14.1. The molecule has 3 aromatic rings. The van der Waals surface area contributed by atoms with Crippen molar-refractivity contribution in [3.8, 4) is 0 Å². The molecule has 0 atom stereocenters. The summed E-state index contributed by atoms with van der Waals surface area (Å²) in [7, 11) is 2.83. The Morgan fingerprint density at radius 1 is 1.24 bits per heavy atom. The summed E-state index contributed by atoms with van der Waals surface area (Å²) in [6, 6.07) is 6.35. The summed E-state index contributed by atoms with van der Waals surface area (Å²) in [5.74, 6) is -0.672. The maximum absolute atomic E-state index is 14.1. The van der Waals surface area contributed by atoms with E-state index in [9.17, 15) is 18.8 Å². The molecule has 0 radical (unpaired) electrons. The molecule has 152 valence electrons. The number of carbonyl (C=O) groups excluding carboxylic acids is 1. The Morgan fingerprint density at radius 3 is 2.59 bits per heavy atom. The Morgan fingerprint density at radius 2 is 1.93 bits per heavy atom. The first-order valence-corrected chi connectivity index (χ1v) is 9.52. The first-order chi connectivity index (χ1) is 13.8. The molecule has 0 saturated heterocycles. The van der Waals surface area contributed by atoms with E-state index in [2.05, 4.69) is 4.98 Å².